The van der Waals surface area contributed by atoms with E-state index >= 15 is 0 Å². The van der Waals surface area contributed by atoms with Crippen LogP contribution in [-0.4, -0.2) is 75.6 Å². The van der Waals surface area contributed by atoms with Crippen molar-refractivity contribution in [2.45, 2.75) is 82.5 Å². The van der Waals surface area contributed by atoms with Crippen molar-refractivity contribution in [3.8, 4) is 0 Å². The molecule has 0 radical (unpaired) electrons. The van der Waals surface area contributed by atoms with E-state index < -0.39 is 0 Å². The van der Waals surface area contributed by atoms with Gasteiger partial charge in [0.2, 0.25) is 11.9 Å². The average molecular weight is 529 g/mol. The van der Waals surface area contributed by atoms with Crippen molar-refractivity contribution in [3.05, 3.63) is 36.2 Å². The molecule has 2 aliphatic carbocycles. The molecule has 3 aliphatic heterocycles. The molecule has 2 saturated carbocycles. The highest BCUT2D eigenvalue weighted by Crippen LogP contribution is 2.43. The molecule has 9 nitrogen and oxygen atoms in total. The molecule has 2 N–H and O–H groups in total. The number of aromatic nitrogens is 3. The highest BCUT2D eigenvalue weighted by molar-refractivity contribution is 5.93. The second-order valence-corrected chi connectivity index (χ2v) is 12.4. The number of hydrogen-bond donors (Lipinski definition) is 2. The first-order valence-electron chi connectivity index (χ1n) is 14.9. The standard InChI is InChI=1S/C30H40N8O/c1-20-16-36(17-21(2)37(20)18-22-6-7-22)24-9-11-26(31-15-24)34-29-32-14-23-8-10-25-28(39)33-19-30(12-4-3-5-13-30)38(25)27(23)35-29/h8-11,14-15,20-22,25H,3-7,12-13,16-19H2,1-2H3,(H,33,39)(H,31,32,34,35). The summed E-state index contributed by atoms with van der Waals surface area (Å²) in [5, 5.41) is 6.49. The minimum Gasteiger partial charge on any atom is -0.367 e. The normalized spacial score (nSPS) is 28.2. The Morgan fingerprint density at radius 1 is 1.05 bits per heavy atom. The Balaban J connectivity index is 1.08. The maximum Gasteiger partial charge on any atom is 0.246 e. The SMILES string of the molecule is CC1CN(c2ccc(Nc3ncc4c(n3)N3C(C=C4)C(=O)NCC34CCCCC4)nc2)CC(C)N1CC1CC1. The number of fused-ring (bicyclic) bond motifs is 4. The molecule has 2 saturated heterocycles. The summed E-state index contributed by atoms with van der Waals surface area (Å²) in [4.78, 5) is 34.5. The summed E-state index contributed by atoms with van der Waals surface area (Å²) in [6, 6.07) is 4.92. The Bertz CT molecular complexity index is 1240. The fourth-order valence-electron chi connectivity index (χ4n) is 7.25. The zero-order valence-electron chi connectivity index (χ0n) is 23.1. The van der Waals surface area contributed by atoms with Crippen molar-refractivity contribution in [1.29, 1.82) is 0 Å². The van der Waals surface area contributed by atoms with Crippen molar-refractivity contribution in [1.82, 2.24) is 25.2 Å². The lowest BCUT2D eigenvalue weighted by Crippen LogP contribution is -2.69. The Morgan fingerprint density at radius 3 is 2.56 bits per heavy atom. The molecule has 2 aromatic heterocycles. The predicted molar refractivity (Wildman–Crippen MR) is 154 cm³/mol. The predicted octanol–water partition coefficient (Wildman–Crippen LogP) is 3.96. The topological polar surface area (TPSA) is 89.5 Å². The number of pyridine rings is 1. The smallest absolute Gasteiger partial charge is 0.246 e. The third-order valence-corrected chi connectivity index (χ3v) is 9.54. The summed E-state index contributed by atoms with van der Waals surface area (Å²) in [6.45, 7) is 8.68. The number of piperazine rings is 2. The summed E-state index contributed by atoms with van der Waals surface area (Å²) in [7, 11) is 0. The van der Waals surface area contributed by atoms with Crippen LogP contribution in [-0.2, 0) is 4.79 Å². The fraction of sp³-hybridized carbons (Fsp3) is 0.600. The molecular weight excluding hydrogens is 488 g/mol. The second-order valence-electron chi connectivity index (χ2n) is 12.4. The van der Waals surface area contributed by atoms with Gasteiger partial charge in [0.25, 0.3) is 0 Å². The van der Waals surface area contributed by atoms with E-state index in [2.05, 4.69) is 50.2 Å². The summed E-state index contributed by atoms with van der Waals surface area (Å²) < 4.78 is 0. The second kappa shape index (κ2) is 9.77. The van der Waals surface area contributed by atoms with Crippen LogP contribution in [0.25, 0.3) is 6.08 Å². The Morgan fingerprint density at radius 2 is 1.85 bits per heavy atom. The van der Waals surface area contributed by atoms with Crippen LogP contribution >= 0.6 is 0 Å². The lowest BCUT2D eigenvalue weighted by Gasteiger charge is -2.54. The molecule has 0 aromatic carbocycles. The van der Waals surface area contributed by atoms with Crippen molar-refractivity contribution in [2.75, 3.05) is 41.3 Å². The van der Waals surface area contributed by atoms with Crippen LogP contribution in [0.1, 0.15) is 64.4 Å². The molecule has 9 heteroatoms. The Hall–Kier alpha value is -3.20. The van der Waals surface area contributed by atoms with E-state index in [9.17, 15) is 4.79 Å². The van der Waals surface area contributed by atoms with Gasteiger partial charge in [-0.25, -0.2) is 9.97 Å². The zero-order valence-corrected chi connectivity index (χ0v) is 23.1. The van der Waals surface area contributed by atoms with E-state index in [0.29, 0.717) is 24.6 Å². The molecule has 3 atom stereocenters. The van der Waals surface area contributed by atoms with Crippen molar-refractivity contribution in [2.24, 2.45) is 5.92 Å². The molecule has 2 aromatic rings. The van der Waals surface area contributed by atoms with Gasteiger partial charge in [0, 0.05) is 50.0 Å². The van der Waals surface area contributed by atoms with E-state index in [1.165, 1.54) is 38.6 Å². The molecule has 0 bridgehead atoms. The Labute approximate surface area is 231 Å². The minimum absolute atomic E-state index is 0.0514. The summed E-state index contributed by atoms with van der Waals surface area (Å²) in [5.41, 5.74) is 2.03. The molecule has 5 aliphatic rings. The number of rotatable bonds is 5. The van der Waals surface area contributed by atoms with Crippen LogP contribution in [0.4, 0.5) is 23.3 Å². The summed E-state index contributed by atoms with van der Waals surface area (Å²) in [6.07, 6.45) is 16.4. The quantitative estimate of drug-likeness (QED) is 0.603. The molecule has 39 heavy (non-hydrogen) atoms. The van der Waals surface area contributed by atoms with Crippen LogP contribution in [0.3, 0.4) is 0 Å². The average Bonchev–Trinajstić information content (AvgIpc) is 3.78. The van der Waals surface area contributed by atoms with Crippen LogP contribution in [0.2, 0.25) is 0 Å². The minimum atomic E-state index is -0.320. The van der Waals surface area contributed by atoms with Gasteiger partial charge >= 0.3 is 0 Å². The summed E-state index contributed by atoms with van der Waals surface area (Å²) in [5.74, 6) is 3.05. The van der Waals surface area contributed by atoms with Crippen molar-refractivity contribution in [3.63, 3.8) is 0 Å². The van der Waals surface area contributed by atoms with E-state index in [1.807, 2.05) is 30.6 Å². The van der Waals surface area contributed by atoms with E-state index in [0.717, 1.165) is 54.7 Å². The highest BCUT2D eigenvalue weighted by Gasteiger charge is 2.49. The fourth-order valence-corrected chi connectivity index (χ4v) is 7.25. The van der Waals surface area contributed by atoms with Gasteiger partial charge in [-0.05, 0) is 57.6 Å². The molecule has 3 unspecified atom stereocenters. The van der Waals surface area contributed by atoms with Gasteiger partial charge < -0.3 is 20.4 Å². The van der Waals surface area contributed by atoms with Crippen LogP contribution in [0, 0.1) is 5.92 Å². The third kappa shape index (κ3) is 4.64. The lowest BCUT2D eigenvalue weighted by atomic mass is 9.77. The van der Waals surface area contributed by atoms with Crippen LogP contribution < -0.4 is 20.4 Å². The number of carbonyl (C=O) groups is 1. The van der Waals surface area contributed by atoms with Crippen LogP contribution in [0.5, 0.6) is 0 Å². The van der Waals surface area contributed by atoms with E-state index in [1.54, 1.807) is 0 Å². The van der Waals surface area contributed by atoms with Gasteiger partial charge in [-0.3, -0.25) is 9.69 Å². The number of nitrogens with zero attached hydrogens (tertiary/aromatic N) is 6. The highest BCUT2D eigenvalue weighted by atomic mass is 16.2. The molecule has 1 amide bonds. The molecular formula is C30H40N8O. The van der Waals surface area contributed by atoms with Gasteiger partial charge in [-0.2, -0.15) is 4.98 Å². The van der Waals surface area contributed by atoms with Gasteiger partial charge in [0.15, 0.2) is 0 Å². The first-order chi connectivity index (χ1) is 19.0. The van der Waals surface area contributed by atoms with Crippen LogP contribution in [0.15, 0.2) is 30.6 Å². The van der Waals surface area contributed by atoms with Gasteiger partial charge in [0.05, 0.1) is 17.4 Å². The van der Waals surface area contributed by atoms with Gasteiger partial charge in [0.1, 0.15) is 17.7 Å². The van der Waals surface area contributed by atoms with Gasteiger partial charge in [-0.15, -0.1) is 0 Å². The monoisotopic (exact) mass is 528 g/mol. The molecule has 4 fully saturated rings. The first-order valence-corrected chi connectivity index (χ1v) is 14.9. The number of nitrogens with one attached hydrogen (secondary N) is 2. The number of carbonyl (C=O) groups excluding carboxylic acids is 1. The molecule has 1 spiro atoms. The summed E-state index contributed by atoms with van der Waals surface area (Å²) >= 11 is 0. The third-order valence-electron chi connectivity index (χ3n) is 9.54. The van der Waals surface area contributed by atoms with Crippen molar-refractivity contribution >= 4 is 35.3 Å². The molecule has 7 rings (SSSR count). The van der Waals surface area contributed by atoms with Gasteiger partial charge in [-0.1, -0.05) is 31.4 Å². The molecule has 206 valence electrons. The zero-order chi connectivity index (χ0) is 26.6. The van der Waals surface area contributed by atoms with E-state index in [-0.39, 0.29) is 17.5 Å². The number of hydrogen-bond acceptors (Lipinski definition) is 8. The number of anilines is 4. The first kappa shape index (κ1) is 24.8. The maximum atomic E-state index is 12.8. The largest absolute Gasteiger partial charge is 0.367 e. The Kier molecular flexibility index (Phi) is 6.21. The lowest BCUT2D eigenvalue weighted by molar-refractivity contribution is -0.123. The maximum absolute atomic E-state index is 12.8. The van der Waals surface area contributed by atoms with Crippen molar-refractivity contribution < 1.29 is 4.79 Å². The molecule has 5 heterocycles. The van der Waals surface area contributed by atoms with E-state index in [4.69, 9.17) is 9.97 Å². The number of amides is 1.